The largest absolute Gasteiger partial charge is 0.466 e. The second-order valence-electron chi connectivity index (χ2n) is 3.98. The normalized spacial score (nSPS) is 11.2. The van der Waals surface area contributed by atoms with Crippen LogP contribution >= 0.6 is 7.82 Å². The Morgan fingerprint density at radius 3 is 1.16 bits per heavy atom. The molecule has 0 saturated heterocycles. The van der Waals surface area contributed by atoms with E-state index in [-0.39, 0.29) is 5.48 Å². The summed E-state index contributed by atoms with van der Waals surface area (Å²) in [6, 6.07) is 0. The second kappa shape index (κ2) is 16.6. The zero-order valence-electron chi connectivity index (χ0n) is 12.4. The molecule has 0 rings (SSSR count). The van der Waals surface area contributed by atoms with Gasteiger partial charge in [0.1, 0.15) is 0 Å². The van der Waals surface area contributed by atoms with Crippen molar-refractivity contribution in [3.05, 3.63) is 0 Å². The molecule has 5 nitrogen and oxygen atoms in total. The fourth-order valence-corrected chi connectivity index (χ4v) is 4.12. The van der Waals surface area contributed by atoms with Gasteiger partial charge in [-0.05, 0) is 0 Å². The first-order valence-electron chi connectivity index (χ1n) is 6.54. The first-order valence-corrected chi connectivity index (χ1v) is 10.1. The fourth-order valence-electron chi connectivity index (χ4n) is 0.998. The Kier molecular flexibility index (Phi) is 21.5. The molecule has 0 bridgehead atoms. The van der Waals surface area contributed by atoms with Crippen molar-refractivity contribution in [1.82, 2.24) is 0 Å². The van der Waals surface area contributed by atoms with Gasteiger partial charge in [0.05, 0.1) is 0 Å². The molecular weight excluding hydrogens is 319 g/mol. The van der Waals surface area contributed by atoms with Crippen molar-refractivity contribution in [2.75, 3.05) is 0 Å². The Bertz CT molecular complexity index is 183. The SMILES string of the molecule is CCC[CH2][Cu]([CH2]CCC)[CH2]CCC.O.O=P(O)(O)O. The summed E-state index contributed by atoms with van der Waals surface area (Å²) >= 11 is 0.842. The number of phosphoric acid groups is 1. The van der Waals surface area contributed by atoms with Crippen molar-refractivity contribution in [3.63, 3.8) is 0 Å². The molecule has 0 aliphatic heterocycles. The van der Waals surface area contributed by atoms with Gasteiger partial charge in [-0.3, -0.25) is 0 Å². The van der Waals surface area contributed by atoms with Crippen LogP contribution in [0.15, 0.2) is 0 Å². The number of unbranched alkanes of at least 4 members (excludes halogenated alkanes) is 3. The molecule has 0 spiro atoms. The van der Waals surface area contributed by atoms with Gasteiger partial charge >= 0.3 is 97.0 Å². The molecule has 0 aromatic heterocycles. The molecule has 0 heterocycles. The average molecular weight is 351 g/mol. The molecular formula is C12H32CuO5P. The van der Waals surface area contributed by atoms with Gasteiger partial charge < -0.3 is 20.2 Å². The zero-order valence-corrected chi connectivity index (χ0v) is 14.2. The van der Waals surface area contributed by atoms with Crippen LogP contribution in [0.3, 0.4) is 0 Å². The topological polar surface area (TPSA) is 109 Å². The summed E-state index contributed by atoms with van der Waals surface area (Å²) in [4.78, 5) is 21.6. The van der Waals surface area contributed by atoms with E-state index in [1.54, 1.807) is 0 Å². The Balaban J connectivity index is -0.000000366. The van der Waals surface area contributed by atoms with Gasteiger partial charge in [0, 0.05) is 0 Å². The van der Waals surface area contributed by atoms with Crippen LogP contribution in [-0.4, -0.2) is 20.2 Å². The zero-order chi connectivity index (χ0) is 14.4. The standard InChI is InChI=1S/3C4H9.Cu.H3O4P.H2O/c3*1-3-4-2;;1-5(2,3)4;/h3*1,3-4H2,2H3;;(H3,1,2,3,4);1H2. The quantitative estimate of drug-likeness (QED) is 0.436. The molecule has 0 amide bonds. The van der Waals surface area contributed by atoms with Crippen molar-refractivity contribution in [2.24, 2.45) is 0 Å². The molecule has 19 heavy (non-hydrogen) atoms. The van der Waals surface area contributed by atoms with E-state index >= 15 is 0 Å². The Labute approximate surface area is 122 Å². The molecule has 5 N–H and O–H groups in total. The maximum Gasteiger partial charge on any atom is 0.466 e. The van der Waals surface area contributed by atoms with E-state index in [9.17, 15) is 0 Å². The molecule has 0 aromatic carbocycles. The van der Waals surface area contributed by atoms with Crippen LogP contribution in [0.1, 0.15) is 59.3 Å². The maximum absolute atomic E-state index is 8.88. The summed E-state index contributed by atoms with van der Waals surface area (Å²) in [6.45, 7) is 6.92. The molecule has 0 aliphatic rings. The van der Waals surface area contributed by atoms with Crippen molar-refractivity contribution < 1.29 is 38.6 Å². The Morgan fingerprint density at radius 2 is 1.00 bits per heavy atom. The molecule has 0 fully saturated rings. The minimum atomic E-state index is -4.64. The number of hydrogen-bond acceptors (Lipinski definition) is 1. The monoisotopic (exact) mass is 350 g/mol. The van der Waals surface area contributed by atoms with Crippen molar-refractivity contribution >= 4 is 7.82 Å². The Hall–Kier alpha value is 0.589. The maximum atomic E-state index is 8.88. The van der Waals surface area contributed by atoms with Gasteiger partial charge in [0.25, 0.3) is 0 Å². The summed E-state index contributed by atoms with van der Waals surface area (Å²) < 4.78 is 8.88. The fraction of sp³-hybridized carbons (Fsp3) is 1.00. The van der Waals surface area contributed by atoms with E-state index in [0.29, 0.717) is 0 Å². The van der Waals surface area contributed by atoms with Gasteiger partial charge in [-0.1, -0.05) is 0 Å². The Morgan fingerprint density at radius 1 is 0.789 bits per heavy atom. The molecule has 7 heteroatoms. The molecule has 0 atom stereocenters. The first kappa shape index (κ1) is 24.6. The van der Waals surface area contributed by atoms with Gasteiger partial charge in [-0.25, -0.2) is 4.57 Å². The third-order valence-corrected chi connectivity index (χ3v) is 5.02. The van der Waals surface area contributed by atoms with Crippen LogP contribution in [0.5, 0.6) is 0 Å². The molecule has 0 saturated carbocycles. The van der Waals surface area contributed by atoms with Crippen LogP contribution in [0, 0.1) is 0 Å². The molecule has 0 aliphatic carbocycles. The minimum absolute atomic E-state index is 0. The summed E-state index contributed by atoms with van der Waals surface area (Å²) in [6.07, 6.45) is 8.48. The van der Waals surface area contributed by atoms with Gasteiger partial charge in [-0.15, -0.1) is 0 Å². The van der Waals surface area contributed by atoms with Gasteiger partial charge in [0.15, 0.2) is 0 Å². The van der Waals surface area contributed by atoms with Crippen LogP contribution in [0.2, 0.25) is 16.0 Å². The first-order chi connectivity index (χ1) is 8.35. The van der Waals surface area contributed by atoms with Crippen LogP contribution in [0.25, 0.3) is 0 Å². The predicted molar refractivity (Wildman–Crippen MR) is 77.0 cm³/mol. The average Bonchev–Trinajstić information content (AvgIpc) is 2.26. The van der Waals surface area contributed by atoms with Gasteiger partial charge in [-0.2, -0.15) is 0 Å². The van der Waals surface area contributed by atoms with Crippen molar-refractivity contribution in [1.29, 1.82) is 0 Å². The summed E-state index contributed by atoms with van der Waals surface area (Å²) in [7, 11) is -4.64. The number of rotatable bonds is 9. The smallest absolute Gasteiger partial charge is 0.412 e. The third-order valence-electron chi connectivity index (χ3n) is 2.02. The van der Waals surface area contributed by atoms with E-state index < -0.39 is 7.82 Å². The van der Waals surface area contributed by atoms with Crippen LogP contribution < -0.4 is 0 Å². The summed E-state index contributed by atoms with van der Waals surface area (Å²) in [5, 5.41) is 4.51. The number of hydrogen-bond donors (Lipinski definition) is 3. The van der Waals surface area contributed by atoms with E-state index in [1.807, 2.05) is 0 Å². The van der Waals surface area contributed by atoms with Crippen LogP contribution in [-0.2, 0) is 18.5 Å². The summed E-state index contributed by atoms with van der Waals surface area (Å²) in [5.74, 6) is 0. The van der Waals surface area contributed by atoms with E-state index in [0.717, 1.165) is 13.9 Å². The minimum Gasteiger partial charge on any atom is -0.412 e. The summed E-state index contributed by atoms with van der Waals surface area (Å²) in [5.41, 5.74) is 0. The van der Waals surface area contributed by atoms with Crippen molar-refractivity contribution in [2.45, 2.75) is 75.3 Å². The molecule has 0 radical (unpaired) electrons. The van der Waals surface area contributed by atoms with Crippen LogP contribution in [0.4, 0.5) is 0 Å². The second-order valence-corrected chi connectivity index (χ2v) is 7.83. The molecule has 0 unspecified atom stereocenters. The van der Waals surface area contributed by atoms with Crippen molar-refractivity contribution in [3.8, 4) is 0 Å². The van der Waals surface area contributed by atoms with E-state index in [2.05, 4.69) is 20.8 Å². The van der Waals surface area contributed by atoms with E-state index in [1.165, 1.54) is 54.5 Å². The molecule has 126 valence electrons. The predicted octanol–water partition coefficient (Wildman–Crippen LogP) is 3.51. The van der Waals surface area contributed by atoms with E-state index in [4.69, 9.17) is 19.2 Å². The third kappa shape index (κ3) is 32.3. The van der Waals surface area contributed by atoms with Gasteiger partial charge in [0.2, 0.25) is 0 Å². The molecule has 0 aromatic rings.